The molecule has 158 valence electrons. The second-order valence-electron chi connectivity index (χ2n) is 6.70. The van der Waals surface area contributed by atoms with E-state index in [-0.39, 0.29) is 16.7 Å². The summed E-state index contributed by atoms with van der Waals surface area (Å²) in [6, 6.07) is 12.3. The number of hydrogen-bond donors (Lipinski definition) is 1. The van der Waals surface area contributed by atoms with Gasteiger partial charge in [-0.2, -0.15) is 0 Å². The summed E-state index contributed by atoms with van der Waals surface area (Å²) in [5.74, 6) is -0.767. The molecule has 0 spiro atoms. The van der Waals surface area contributed by atoms with Crippen LogP contribution in [0.15, 0.2) is 67.0 Å². The molecule has 0 unspecified atom stereocenters. The molecule has 6 nitrogen and oxygen atoms in total. The van der Waals surface area contributed by atoms with E-state index in [4.69, 9.17) is 16.3 Å². The van der Waals surface area contributed by atoms with Gasteiger partial charge in [0.05, 0.1) is 16.8 Å². The molecular formula is C23H19ClFN3O3. The number of amides is 2. The topological polar surface area (TPSA) is 71.5 Å². The monoisotopic (exact) mass is 439 g/mol. The quantitative estimate of drug-likeness (QED) is 0.547. The Kier molecular flexibility index (Phi) is 6.99. The fourth-order valence-corrected chi connectivity index (χ4v) is 2.86. The van der Waals surface area contributed by atoms with Gasteiger partial charge in [0.15, 0.2) is 11.6 Å². The van der Waals surface area contributed by atoms with E-state index in [0.717, 1.165) is 0 Å². The molecule has 2 amide bonds. The first-order valence-corrected chi connectivity index (χ1v) is 9.59. The Labute approximate surface area is 183 Å². The van der Waals surface area contributed by atoms with Crippen LogP contribution in [-0.4, -0.2) is 35.8 Å². The molecule has 1 heterocycles. The highest BCUT2D eigenvalue weighted by atomic mass is 35.5. The lowest BCUT2D eigenvalue weighted by Crippen LogP contribution is -2.22. The molecule has 0 bridgehead atoms. The highest BCUT2D eigenvalue weighted by Crippen LogP contribution is 2.25. The van der Waals surface area contributed by atoms with E-state index in [1.807, 2.05) is 0 Å². The summed E-state index contributed by atoms with van der Waals surface area (Å²) >= 11 is 6.14. The predicted octanol–water partition coefficient (Wildman–Crippen LogP) is 5.02. The van der Waals surface area contributed by atoms with Gasteiger partial charge < -0.3 is 15.0 Å². The second-order valence-corrected chi connectivity index (χ2v) is 7.10. The number of benzene rings is 2. The van der Waals surface area contributed by atoms with Crippen molar-refractivity contribution < 1.29 is 18.7 Å². The van der Waals surface area contributed by atoms with Crippen LogP contribution >= 0.6 is 11.6 Å². The van der Waals surface area contributed by atoms with Crippen molar-refractivity contribution in [2.45, 2.75) is 0 Å². The number of pyridine rings is 1. The molecule has 0 saturated heterocycles. The average Bonchev–Trinajstić information content (AvgIpc) is 2.74. The van der Waals surface area contributed by atoms with Crippen molar-refractivity contribution in [1.82, 2.24) is 9.88 Å². The Morgan fingerprint density at radius 2 is 1.97 bits per heavy atom. The Morgan fingerprint density at radius 1 is 1.16 bits per heavy atom. The van der Waals surface area contributed by atoms with E-state index in [0.29, 0.717) is 22.6 Å². The van der Waals surface area contributed by atoms with Gasteiger partial charge in [-0.25, -0.2) is 4.39 Å². The molecule has 8 heteroatoms. The zero-order chi connectivity index (χ0) is 22.4. The van der Waals surface area contributed by atoms with Crippen molar-refractivity contribution in [3.63, 3.8) is 0 Å². The van der Waals surface area contributed by atoms with E-state index in [9.17, 15) is 14.0 Å². The summed E-state index contributed by atoms with van der Waals surface area (Å²) in [7, 11) is 3.25. The van der Waals surface area contributed by atoms with Crippen LogP contribution in [0.25, 0.3) is 6.08 Å². The van der Waals surface area contributed by atoms with Gasteiger partial charge in [-0.15, -0.1) is 0 Å². The number of carbonyl (C=O) groups is 2. The first-order chi connectivity index (χ1) is 14.8. The van der Waals surface area contributed by atoms with Gasteiger partial charge in [0, 0.05) is 32.1 Å². The van der Waals surface area contributed by atoms with E-state index in [1.165, 1.54) is 41.4 Å². The molecule has 0 radical (unpaired) electrons. The van der Waals surface area contributed by atoms with Gasteiger partial charge in [0.1, 0.15) is 5.75 Å². The number of rotatable bonds is 6. The number of nitrogens with one attached hydrogen (secondary N) is 1. The van der Waals surface area contributed by atoms with E-state index in [1.54, 1.807) is 50.6 Å². The van der Waals surface area contributed by atoms with Crippen LogP contribution in [0.5, 0.6) is 11.5 Å². The molecule has 2 aromatic carbocycles. The summed E-state index contributed by atoms with van der Waals surface area (Å²) in [6.45, 7) is 0. The zero-order valence-electron chi connectivity index (χ0n) is 16.8. The van der Waals surface area contributed by atoms with Crippen LogP contribution in [0.1, 0.15) is 15.9 Å². The van der Waals surface area contributed by atoms with Gasteiger partial charge in [-0.3, -0.25) is 14.6 Å². The molecule has 0 aliphatic rings. The minimum Gasteiger partial charge on any atom is -0.453 e. The third-order valence-electron chi connectivity index (χ3n) is 4.12. The van der Waals surface area contributed by atoms with Gasteiger partial charge >= 0.3 is 0 Å². The zero-order valence-corrected chi connectivity index (χ0v) is 17.6. The number of anilines is 1. The summed E-state index contributed by atoms with van der Waals surface area (Å²) in [5, 5.41) is 2.88. The molecule has 3 aromatic rings. The third kappa shape index (κ3) is 5.90. The minimum absolute atomic E-state index is 0.0524. The summed E-state index contributed by atoms with van der Waals surface area (Å²) in [5.41, 5.74) is 1.25. The summed E-state index contributed by atoms with van der Waals surface area (Å²) < 4.78 is 19.7. The Balaban J connectivity index is 1.64. The number of nitrogens with zero attached hydrogens (tertiary/aromatic N) is 2. The number of halogens is 2. The van der Waals surface area contributed by atoms with Crippen LogP contribution in [-0.2, 0) is 4.79 Å². The Bertz CT molecular complexity index is 1130. The van der Waals surface area contributed by atoms with Gasteiger partial charge in [-0.05, 0) is 54.1 Å². The van der Waals surface area contributed by atoms with Crippen molar-refractivity contribution in [3.8, 4) is 11.5 Å². The van der Waals surface area contributed by atoms with E-state index >= 15 is 0 Å². The lowest BCUT2D eigenvalue weighted by Gasteiger charge is -2.12. The summed E-state index contributed by atoms with van der Waals surface area (Å²) in [6.07, 6.45) is 5.81. The molecule has 31 heavy (non-hydrogen) atoms. The maximum absolute atomic E-state index is 14.3. The highest BCUT2D eigenvalue weighted by molar-refractivity contribution is 6.34. The predicted molar refractivity (Wildman–Crippen MR) is 118 cm³/mol. The molecule has 1 aromatic heterocycles. The normalized spacial score (nSPS) is 10.7. The van der Waals surface area contributed by atoms with Crippen molar-refractivity contribution in [2.24, 2.45) is 0 Å². The molecule has 1 N–H and O–H groups in total. The first kappa shape index (κ1) is 22.0. The van der Waals surface area contributed by atoms with E-state index in [2.05, 4.69) is 10.3 Å². The number of carbonyl (C=O) groups excluding carboxylic acids is 2. The SMILES string of the molecule is CN(C)C(=O)c1ccc(NC(=O)/C=C/c2ccc(Oc3cccnc3)c(F)c2)cc1Cl. The lowest BCUT2D eigenvalue weighted by atomic mass is 10.1. The minimum atomic E-state index is -0.570. The fourth-order valence-electron chi connectivity index (χ4n) is 2.60. The van der Waals surface area contributed by atoms with Crippen molar-refractivity contribution >= 4 is 35.2 Å². The second kappa shape index (κ2) is 9.86. The smallest absolute Gasteiger partial charge is 0.254 e. The van der Waals surface area contributed by atoms with Crippen LogP contribution < -0.4 is 10.1 Å². The van der Waals surface area contributed by atoms with E-state index < -0.39 is 11.7 Å². The fraction of sp³-hybridized carbons (Fsp3) is 0.0870. The van der Waals surface area contributed by atoms with Crippen LogP contribution in [0.4, 0.5) is 10.1 Å². The number of ether oxygens (including phenoxy) is 1. The van der Waals surface area contributed by atoms with Crippen molar-refractivity contribution in [3.05, 3.63) is 89.0 Å². The molecule has 0 fully saturated rings. The van der Waals surface area contributed by atoms with Gasteiger partial charge in [0.2, 0.25) is 5.91 Å². The largest absolute Gasteiger partial charge is 0.453 e. The van der Waals surface area contributed by atoms with Gasteiger partial charge in [0.25, 0.3) is 5.91 Å². The third-order valence-corrected chi connectivity index (χ3v) is 4.43. The number of hydrogen-bond acceptors (Lipinski definition) is 4. The Hall–Kier alpha value is -3.71. The molecule has 0 saturated carbocycles. The number of aromatic nitrogens is 1. The molecule has 0 aliphatic heterocycles. The molecule has 3 rings (SSSR count). The maximum atomic E-state index is 14.3. The molecular weight excluding hydrogens is 421 g/mol. The average molecular weight is 440 g/mol. The van der Waals surface area contributed by atoms with Gasteiger partial charge in [-0.1, -0.05) is 17.7 Å². The molecule has 0 atom stereocenters. The van der Waals surface area contributed by atoms with Crippen LogP contribution in [0.2, 0.25) is 5.02 Å². The maximum Gasteiger partial charge on any atom is 0.254 e. The highest BCUT2D eigenvalue weighted by Gasteiger charge is 2.13. The standard InChI is InChI=1S/C23H19ClFN3O3/c1-28(2)23(30)18-8-7-16(13-19(18)24)27-22(29)10-6-15-5-9-21(20(25)12-15)31-17-4-3-11-26-14-17/h3-14H,1-2H3,(H,27,29)/b10-6+. The van der Waals surface area contributed by atoms with Crippen LogP contribution in [0, 0.1) is 5.82 Å². The molecule has 0 aliphatic carbocycles. The lowest BCUT2D eigenvalue weighted by molar-refractivity contribution is -0.111. The Morgan fingerprint density at radius 3 is 2.61 bits per heavy atom. The van der Waals surface area contributed by atoms with Crippen molar-refractivity contribution in [2.75, 3.05) is 19.4 Å². The van der Waals surface area contributed by atoms with Crippen molar-refractivity contribution in [1.29, 1.82) is 0 Å². The van der Waals surface area contributed by atoms with Crippen LogP contribution in [0.3, 0.4) is 0 Å². The first-order valence-electron chi connectivity index (χ1n) is 9.21. The summed E-state index contributed by atoms with van der Waals surface area (Å²) in [4.78, 5) is 29.5.